The Morgan fingerprint density at radius 3 is 2.63 bits per heavy atom. The van der Waals surface area contributed by atoms with Crippen LogP contribution >= 0.6 is 0 Å². The number of aliphatic hydroxyl groups is 2. The first-order valence-electron chi connectivity index (χ1n) is 10.2. The molecule has 5 nitrogen and oxygen atoms in total. The average Bonchev–Trinajstić information content (AvgIpc) is 2.82. The molecule has 3 saturated carbocycles. The smallest absolute Gasteiger partial charge is 0.190 e. The lowest BCUT2D eigenvalue weighted by Crippen LogP contribution is -2.62. The fraction of sp³-hybridized carbons (Fsp3) is 0.773. The molecule has 4 aliphatic carbocycles. The van der Waals surface area contributed by atoms with Gasteiger partial charge in [0.2, 0.25) is 0 Å². The second-order valence-corrected chi connectivity index (χ2v) is 9.89. The van der Waals surface area contributed by atoms with Crippen LogP contribution in [0.4, 0.5) is 0 Å². The number of rotatable bonds is 2. The predicted octanol–water partition coefficient (Wildman–Crippen LogP) is 2.24. The van der Waals surface area contributed by atoms with Gasteiger partial charge in [0, 0.05) is 24.2 Å². The first kappa shape index (κ1) is 19.0. The topological polar surface area (TPSA) is 91.7 Å². The van der Waals surface area contributed by atoms with Crippen molar-refractivity contribution in [1.29, 1.82) is 0 Å². The van der Waals surface area contributed by atoms with E-state index in [2.05, 4.69) is 6.92 Å². The van der Waals surface area contributed by atoms with Gasteiger partial charge in [-0.05, 0) is 54.9 Å². The van der Waals surface area contributed by atoms with E-state index in [0.29, 0.717) is 19.3 Å². The molecule has 0 aliphatic heterocycles. The molecule has 4 aliphatic rings. The number of Topliss-reactive ketones (excluding diaryl/α,β-unsaturated/α-hetero) is 2. The fourth-order valence-corrected chi connectivity index (χ4v) is 7.43. The van der Waals surface area contributed by atoms with Gasteiger partial charge in [0.15, 0.2) is 11.6 Å². The zero-order valence-electron chi connectivity index (χ0n) is 16.5. The molecule has 3 fully saturated rings. The lowest BCUT2D eigenvalue weighted by atomic mass is 9.46. The zero-order valence-corrected chi connectivity index (χ0v) is 16.5. The van der Waals surface area contributed by atoms with Crippen LogP contribution in [0.2, 0.25) is 0 Å². The standard InChI is InChI=1S/C22H30O5/c1-12-8-16-15-5-4-13-9-14(24)6-7-20(13,2)19(15)17(25)10-21(16,3)22(12,27)18(26)11-23/h9,12,15-16,19,23,27H,4-8,10-11H2,1-3H3/t12-,15-,16-,19+,20-,21-,22-/m0/s1. The summed E-state index contributed by atoms with van der Waals surface area (Å²) >= 11 is 0. The van der Waals surface area contributed by atoms with E-state index in [1.807, 2.05) is 13.8 Å². The number of carbonyl (C=O) groups excluding carboxylic acids is 3. The normalized spacial score (nSPS) is 49.1. The highest BCUT2D eigenvalue weighted by atomic mass is 16.3. The van der Waals surface area contributed by atoms with Gasteiger partial charge >= 0.3 is 0 Å². The summed E-state index contributed by atoms with van der Waals surface area (Å²) in [6.45, 7) is 5.18. The summed E-state index contributed by atoms with van der Waals surface area (Å²) in [5, 5.41) is 20.9. The van der Waals surface area contributed by atoms with Crippen LogP contribution in [0.15, 0.2) is 11.6 Å². The van der Waals surface area contributed by atoms with Crippen LogP contribution in [0.3, 0.4) is 0 Å². The van der Waals surface area contributed by atoms with Gasteiger partial charge < -0.3 is 10.2 Å². The molecule has 0 unspecified atom stereocenters. The van der Waals surface area contributed by atoms with Crippen LogP contribution in [0.5, 0.6) is 0 Å². The predicted molar refractivity (Wildman–Crippen MR) is 98.7 cm³/mol. The summed E-state index contributed by atoms with van der Waals surface area (Å²) < 4.78 is 0. The Balaban J connectivity index is 1.78. The molecule has 0 spiro atoms. The van der Waals surface area contributed by atoms with Crippen molar-refractivity contribution < 1.29 is 24.6 Å². The third-order valence-electron chi connectivity index (χ3n) is 8.80. The van der Waals surface area contributed by atoms with Crippen molar-refractivity contribution >= 4 is 17.3 Å². The number of hydrogen-bond acceptors (Lipinski definition) is 5. The summed E-state index contributed by atoms with van der Waals surface area (Å²) in [5.41, 5.74) is -1.64. The number of aliphatic hydroxyl groups excluding tert-OH is 1. The minimum Gasteiger partial charge on any atom is -0.388 e. The van der Waals surface area contributed by atoms with E-state index in [0.717, 1.165) is 18.4 Å². The molecule has 2 N–H and O–H groups in total. The van der Waals surface area contributed by atoms with Crippen LogP contribution in [-0.4, -0.2) is 39.8 Å². The number of hydrogen-bond donors (Lipinski definition) is 2. The van der Waals surface area contributed by atoms with Crippen molar-refractivity contribution in [1.82, 2.24) is 0 Å². The van der Waals surface area contributed by atoms with Crippen molar-refractivity contribution in [2.24, 2.45) is 34.5 Å². The molecule has 7 atom stereocenters. The fourth-order valence-electron chi connectivity index (χ4n) is 7.43. The first-order valence-corrected chi connectivity index (χ1v) is 10.2. The Hall–Kier alpha value is -1.33. The monoisotopic (exact) mass is 374 g/mol. The lowest BCUT2D eigenvalue weighted by Gasteiger charge is -2.57. The minimum absolute atomic E-state index is 0.0757. The zero-order chi connectivity index (χ0) is 19.8. The minimum atomic E-state index is -1.65. The van der Waals surface area contributed by atoms with Gasteiger partial charge in [-0.3, -0.25) is 14.4 Å². The van der Waals surface area contributed by atoms with Crippen molar-refractivity contribution in [3.05, 3.63) is 11.6 Å². The van der Waals surface area contributed by atoms with E-state index >= 15 is 0 Å². The van der Waals surface area contributed by atoms with Gasteiger partial charge in [0.1, 0.15) is 18.0 Å². The van der Waals surface area contributed by atoms with Crippen molar-refractivity contribution in [3.8, 4) is 0 Å². The summed E-state index contributed by atoms with van der Waals surface area (Å²) in [6.07, 6.45) is 5.46. The van der Waals surface area contributed by atoms with Crippen LogP contribution in [0, 0.1) is 34.5 Å². The lowest BCUT2D eigenvalue weighted by molar-refractivity contribution is -0.174. The first-order chi connectivity index (χ1) is 12.6. The summed E-state index contributed by atoms with van der Waals surface area (Å²) in [7, 11) is 0. The second kappa shape index (κ2) is 5.84. The molecule has 0 aromatic carbocycles. The summed E-state index contributed by atoms with van der Waals surface area (Å²) in [4.78, 5) is 37.9. The largest absolute Gasteiger partial charge is 0.388 e. The Kier molecular flexibility index (Phi) is 4.11. The Morgan fingerprint density at radius 2 is 1.96 bits per heavy atom. The highest BCUT2D eigenvalue weighted by Crippen LogP contribution is 2.67. The van der Waals surface area contributed by atoms with E-state index in [9.17, 15) is 24.6 Å². The molecule has 4 rings (SSSR count). The average molecular weight is 374 g/mol. The molecular formula is C22H30O5. The molecule has 0 heterocycles. The maximum Gasteiger partial charge on any atom is 0.190 e. The number of allylic oxidation sites excluding steroid dienone is 1. The van der Waals surface area contributed by atoms with E-state index in [1.54, 1.807) is 6.08 Å². The molecule has 5 heteroatoms. The SMILES string of the molecule is C[C@H]1C[C@H]2[C@@H]3CCC4=CC(=O)CC[C@]4(C)[C@H]3C(=O)C[C@]2(C)[C@@]1(O)C(=O)CO. The maximum atomic E-state index is 13.4. The van der Waals surface area contributed by atoms with Gasteiger partial charge in [-0.2, -0.15) is 0 Å². The summed E-state index contributed by atoms with van der Waals surface area (Å²) in [6, 6.07) is 0. The Morgan fingerprint density at radius 1 is 1.26 bits per heavy atom. The quantitative estimate of drug-likeness (QED) is 0.773. The molecule has 0 amide bonds. The van der Waals surface area contributed by atoms with E-state index < -0.39 is 23.4 Å². The Bertz CT molecular complexity index is 754. The van der Waals surface area contributed by atoms with E-state index in [4.69, 9.17) is 0 Å². The van der Waals surface area contributed by atoms with Crippen LogP contribution in [0.25, 0.3) is 0 Å². The maximum absolute atomic E-state index is 13.4. The van der Waals surface area contributed by atoms with Crippen LogP contribution in [-0.2, 0) is 14.4 Å². The third kappa shape index (κ3) is 2.21. The molecule has 0 aromatic rings. The highest BCUT2D eigenvalue weighted by Gasteiger charge is 2.70. The van der Waals surface area contributed by atoms with Crippen molar-refractivity contribution in [2.75, 3.05) is 6.61 Å². The number of carbonyl (C=O) groups is 3. The van der Waals surface area contributed by atoms with Gasteiger partial charge in [-0.25, -0.2) is 0 Å². The summed E-state index contributed by atoms with van der Waals surface area (Å²) in [5.74, 6) is -0.511. The van der Waals surface area contributed by atoms with Crippen LogP contribution in [0.1, 0.15) is 59.3 Å². The Labute approximate surface area is 160 Å². The molecular weight excluding hydrogens is 344 g/mol. The molecule has 0 aromatic heterocycles. The third-order valence-corrected chi connectivity index (χ3v) is 8.80. The molecule has 0 bridgehead atoms. The van der Waals surface area contributed by atoms with Gasteiger partial charge in [0.25, 0.3) is 0 Å². The van der Waals surface area contributed by atoms with Crippen LogP contribution < -0.4 is 0 Å². The molecule has 0 radical (unpaired) electrons. The van der Waals surface area contributed by atoms with Gasteiger partial charge in [0.05, 0.1) is 0 Å². The van der Waals surface area contributed by atoms with Crippen molar-refractivity contribution in [2.45, 2.75) is 64.9 Å². The molecule has 27 heavy (non-hydrogen) atoms. The molecule has 148 valence electrons. The molecule has 0 saturated heterocycles. The van der Waals surface area contributed by atoms with Crippen molar-refractivity contribution in [3.63, 3.8) is 0 Å². The number of ketones is 3. The van der Waals surface area contributed by atoms with E-state index in [-0.39, 0.29) is 47.1 Å². The van der Waals surface area contributed by atoms with E-state index in [1.165, 1.54) is 0 Å². The van der Waals surface area contributed by atoms with Gasteiger partial charge in [-0.15, -0.1) is 0 Å². The van der Waals surface area contributed by atoms with Gasteiger partial charge in [-0.1, -0.05) is 26.3 Å². The second-order valence-electron chi connectivity index (χ2n) is 9.89. The number of fused-ring (bicyclic) bond motifs is 5. The highest BCUT2D eigenvalue weighted by molar-refractivity contribution is 5.94.